The van der Waals surface area contributed by atoms with E-state index in [4.69, 9.17) is 4.74 Å². The van der Waals surface area contributed by atoms with Crippen molar-refractivity contribution in [2.45, 2.75) is 126 Å². The maximum Gasteiger partial charge on any atom is 0.306 e. The highest BCUT2D eigenvalue weighted by Gasteiger charge is 2.64. The summed E-state index contributed by atoms with van der Waals surface area (Å²) in [5, 5.41) is 10.4. The smallest absolute Gasteiger partial charge is 0.306 e. The molecule has 4 nitrogen and oxygen atoms in total. The molecule has 2 saturated carbocycles. The summed E-state index contributed by atoms with van der Waals surface area (Å²) in [6.45, 7) is 22.1. The van der Waals surface area contributed by atoms with Gasteiger partial charge in [0.2, 0.25) is 0 Å². The minimum atomic E-state index is -0.618. The number of fused-ring (bicyclic) bond motifs is 4. The van der Waals surface area contributed by atoms with Crippen LogP contribution in [0, 0.1) is 45.3 Å². The van der Waals surface area contributed by atoms with Gasteiger partial charge in [-0.3, -0.25) is 9.59 Å². The summed E-state index contributed by atoms with van der Waals surface area (Å²) in [6, 6.07) is 0. The van der Waals surface area contributed by atoms with Crippen molar-refractivity contribution in [1.82, 2.24) is 0 Å². The maximum atomic E-state index is 12.6. The summed E-state index contributed by atoms with van der Waals surface area (Å²) in [5.41, 5.74) is 4.69. The highest BCUT2D eigenvalue weighted by atomic mass is 16.5. The fourth-order valence-corrected chi connectivity index (χ4v) is 9.89. The minimum Gasteiger partial charge on any atom is -0.481 e. The molecule has 1 N–H and O–H groups in total. The number of rotatable bonds is 7. The molecule has 0 aromatic rings. The van der Waals surface area contributed by atoms with Gasteiger partial charge in [-0.2, -0.15) is 0 Å². The molecule has 4 rings (SSSR count). The molecule has 0 radical (unpaired) electrons. The SMILES string of the molecule is C=C(CC[C@@H](C(=O)O)[C@H]1CC[C@@]2(C)C3=C(CC[C@]12C)[C@@]1(C)CC[C@H](OC(C)=O)C(C)(C)C1CC3)C(C)C. The summed E-state index contributed by atoms with van der Waals surface area (Å²) in [4.78, 5) is 24.5. The molecule has 0 spiro atoms. The Bertz CT molecular complexity index is 988. The molecule has 0 amide bonds. The lowest BCUT2D eigenvalue weighted by molar-refractivity contribution is -0.167. The quantitative estimate of drug-likeness (QED) is 0.275. The molecule has 4 aliphatic carbocycles. The van der Waals surface area contributed by atoms with Crippen LogP contribution >= 0.6 is 0 Å². The third-order valence-electron chi connectivity index (χ3n) is 12.5. The van der Waals surface area contributed by atoms with Gasteiger partial charge in [0.1, 0.15) is 6.10 Å². The first-order valence-corrected chi connectivity index (χ1v) is 14.9. The number of aliphatic carboxylic acids is 1. The standard InChI is InChI=1S/C33H52O4/c1-20(2)21(3)10-11-23(29(35)36)24-14-18-33(9)26-12-13-27-30(5,6)28(37-22(4)34)16-17-31(27,7)25(26)15-19-32(24,33)8/h20,23-24,27-28H,3,10-19H2,1-2,4-9H3,(H,35,36)/t23-,24-,27?,28+,31-,32-,33+/m1/s1. The summed E-state index contributed by atoms with van der Waals surface area (Å²) >= 11 is 0. The van der Waals surface area contributed by atoms with Crippen LogP contribution in [0.3, 0.4) is 0 Å². The largest absolute Gasteiger partial charge is 0.481 e. The molecule has 0 bridgehead atoms. The van der Waals surface area contributed by atoms with E-state index in [9.17, 15) is 14.7 Å². The third kappa shape index (κ3) is 4.33. The molecular weight excluding hydrogens is 460 g/mol. The second kappa shape index (κ2) is 9.56. The van der Waals surface area contributed by atoms with Gasteiger partial charge in [-0.05, 0) is 98.2 Å². The maximum absolute atomic E-state index is 12.6. The lowest BCUT2D eigenvalue weighted by Gasteiger charge is -2.62. The van der Waals surface area contributed by atoms with Crippen molar-refractivity contribution < 1.29 is 19.4 Å². The molecule has 4 aliphatic rings. The highest BCUT2D eigenvalue weighted by molar-refractivity contribution is 5.71. The molecule has 0 heterocycles. The van der Waals surface area contributed by atoms with Crippen molar-refractivity contribution in [3.63, 3.8) is 0 Å². The van der Waals surface area contributed by atoms with Gasteiger partial charge in [0.25, 0.3) is 0 Å². The van der Waals surface area contributed by atoms with Crippen LogP contribution in [0.25, 0.3) is 0 Å². The number of carbonyl (C=O) groups is 2. The van der Waals surface area contributed by atoms with Crippen molar-refractivity contribution in [3.05, 3.63) is 23.3 Å². The molecule has 1 unspecified atom stereocenters. The number of ether oxygens (including phenoxy) is 1. The van der Waals surface area contributed by atoms with E-state index < -0.39 is 5.97 Å². The number of esters is 1. The number of carbonyl (C=O) groups excluding carboxylic acids is 1. The number of hydrogen-bond donors (Lipinski definition) is 1. The van der Waals surface area contributed by atoms with Crippen LogP contribution in [0.2, 0.25) is 0 Å². The molecule has 0 aromatic heterocycles. The summed E-state index contributed by atoms with van der Waals surface area (Å²) in [7, 11) is 0. The Balaban J connectivity index is 1.65. The average molecular weight is 513 g/mol. The predicted molar refractivity (Wildman–Crippen MR) is 149 cm³/mol. The molecule has 7 atom stereocenters. The van der Waals surface area contributed by atoms with Crippen molar-refractivity contribution in [2.75, 3.05) is 0 Å². The fraction of sp³-hybridized carbons (Fsp3) is 0.818. The van der Waals surface area contributed by atoms with Crippen LogP contribution in [0.1, 0.15) is 120 Å². The normalized spacial score (nSPS) is 39.4. The second-order valence-corrected chi connectivity index (χ2v) is 14.6. The zero-order valence-electron chi connectivity index (χ0n) is 24.8. The predicted octanol–water partition coefficient (Wildman–Crippen LogP) is 8.36. The number of allylic oxidation sites excluding steroid dienone is 3. The van der Waals surface area contributed by atoms with E-state index in [1.807, 2.05) is 0 Å². The van der Waals surface area contributed by atoms with Crippen LogP contribution in [0.4, 0.5) is 0 Å². The van der Waals surface area contributed by atoms with Gasteiger partial charge in [-0.25, -0.2) is 0 Å². The van der Waals surface area contributed by atoms with Crippen molar-refractivity contribution in [1.29, 1.82) is 0 Å². The molecule has 4 heteroatoms. The molecule has 2 fully saturated rings. The van der Waals surface area contributed by atoms with E-state index in [0.29, 0.717) is 18.3 Å². The number of carboxylic acid groups (broad SMARTS) is 1. The van der Waals surface area contributed by atoms with Crippen LogP contribution in [0.5, 0.6) is 0 Å². The first kappa shape index (κ1) is 28.4. The lowest BCUT2D eigenvalue weighted by Crippen LogP contribution is -2.56. The van der Waals surface area contributed by atoms with E-state index in [0.717, 1.165) is 57.8 Å². The Kier molecular flexibility index (Phi) is 7.34. The second-order valence-electron chi connectivity index (χ2n) is 14.6. The van der Waals surface area contributed by atoms with Crippen molar-refractivity contribution in [3.8, 4) is 0 Å². The van der Waals surface area contributed by atoms with Gasteiger partial charge in [0.15, 0.2) is 0 Å². The fourth-order valence-electron chi connectivity index (χ4n) is 9.89. The monoisotopic (exact) mass is 512 g/mol. The van der Waals surface area contributed by atoms with Crippen molar-refractivity contribution >= 4 is 11.9 Å². The average Bonchev–Trinajstić information content (AvgIpc) is 3.07. The summed E-state index contributed by atoms with van der Waals surface area (Å²) in [5.74, 6) is 0.0294. The Morgan fingerprint density at radius 1 is 1.00 bits per heavy atom. The van der Waals surface area contributed by atoms with E-state index in [-0.39, 0.29) is 45.6 Å². The van der Waals surface area contributed by atoms with Gasteiger partial charge in [0.05, 0.1) is 5.92 Å². The highest BCUT2D eigenvalue weighted by Crippen LogP contribution is 2.72. The van der Waals surface area contributed by atoms with Crippen LogP contribution in [-0.4, -0.2) is 23.1 Å². The third-order valence-corrected chi connectivity index (χ3v) is 12.5. The minimum absolute atomic E-state index is 0.0116. The van der Waals surface area contributed by atoms with Crippen LogP contribution in [-0.2, 0) is 14.3 Å². The molecule has 37 heavy (non-hydrogen) atoms. The van der Waals surface area contributed by atoms with Gasteiger partial charge >= 0.3 is 11.9 Å². The molecule has 0 aromatic carbocycles. The lowest BCUT2D eigenvalue weighted by atomic mass is 9.43. The zero-order chi connectivity index (χ0) is 27.6. The molecule has 0 aliphatic heterocycles. The number of carboxylic acids is 1. The first-order chi connectivity index (χ1) is 17.1. The Labute approximate surface area is 225 Å². The van der Waals surface area contributed by atoms with Gasteiger partial charge in [0, 0.05) is 12.3 Å². The number of hydrogen-bond acceptors (Lipinski definition) is 3. The van der Waals surface area contributed by atoms with E-state index >= 15 is 0 Å². The van der Waals surface area contributed by atoms with Crippen LogP contribution < -0.4 is 0 Å². The van der Waals surface area contributed by atoms with Crippen molar-refractivity contribution in [2.24, 2.45) is 45.3 Å². The summed E-state index contributed by atoms with van der Waals surface area (Å²) in [6.07, 6.45) is 10.0. The van der Waals surface area contributed by atoms with Crippen LogP contribution in [0.15, 0.2) is 23.3 Å². The Morgan fingerprint density at radius 3 is 2.27 bits per heavy atom. The topological polar surface area (TPSA) is 63.6 Å². The Morgan fingerprint density at radius 2 is 1.68 bits per heavy atom. The van der Waals surface area contributed by atoms with E-state index in [1.54, 1.807) is 11.1 Å². The first-order valence-electron chi connectivity index (χ1n) is 14.9. The van der Waals surface area contributed by atoms with Gasteiger partial charge < -0.3 is 9.84 Å². The molecule has 208 valence electrons. The van der Waals surface area contributed by atoms with E-state index in [1.165, 1.54) is 12.5 Å². The van der Waals surface area contributed by atoms with Gasteiger partial charge in [-0.1, -0.05) is 71.8 Å². The Hall–Kier alpha value is -1.58. The van der Waals surface area contributed by atoms with E-state index in [2.05, 4.69) is 55.0 Å². The zero-order valence-corrected chi connectivity index (χ0v) is 24.8. The summed E-state index contributed by atoms with van der Waals surface area (Å²) < 4.78 is 5.84. The molecule has 0 saturated heterocycles. The van der Waals surface area contributed by atoms with Gasteiger partial charge in [-0.15, -0.1) is 0 Å². The molecular formula is C33H52O4.